The summed E-state index contributed by atoms with van der Waals surface area (Å²) in [4.78, 5) is 12.0. The van der Waals surface area contributed by atoms with E-state index in [2.05, 4.69) is 5.32 Å². The number of anilines is 2. The van der Waals surface area contributed by atoms with Crippen molar-refractivity contribution in [2.75, 3.05) is 22.5 Å². The summed E-state index contributed by atoms with van der Waals surface area (Å²) in [5.41, 5.74) is 1.66. The van der Waals surface area contributed by atoms with Gasteiger partial charge in [-0.05, 0) is 66.2 Å². The van der Waals surface area contributed by atoms with E-state index in [1.807, 2.05) is 0 Å². The average Bonchev–Trinajstić information content (AvgIpc) is 2.73. The van der Waals surface area contributed by atoms with Gasteiger partial charge in [0.15, 0.2) is 6.61 Å². The van der Waals surface area contributed by atoms with Gasteiger partial charge in [-0.15, -0.1) is 0 Å². The van der Waals surface area contributed by atoms with E-state index in [0.717, 1.165) is 6.26 Å². The van der Waals surface area contributed by atoms with Crippen molar-refractivity contribution in [1.82, 2.24) is 0 Å². The molecule has 3 rings (SSSR count). The maximum Gasteiger partial charge on any atom is 0.262 e. The highest BCUT2D eigenvalue weighted by Gasteiger charge is 2.18. The van der Waals surface area contributed by atoms with Crippen molar-refractivity contribution in [2.24, 2.45) is 0 Å². The van der Waals surface area contributed by atoms with Gasteiger partial charge in [0.25, 0.3) is 5.91 Å². The van der Waals surface area contributed by atoms with E-state index >= 15 is 0 Å². The Hall–Kier alpha value is -3.10. The Balaban J connectivity index is 1.63. The summed E-state index contributed by atoms with van der Waals surface area (Å²) in [7, 11) is -3.58. The molecule has 0 aliphatic carbocycles. The Kier molecular flexibility index (Phi) is 7.14. The summed E-state index contributed by atoms with van der Waals surface area (Å²) >= 11 is 5.81. The Labute approximate surface area is 185 Å². The van der Waals surface area contributed by atoms with Crippen LogP contribution in [0.25, 0.3) is 0 Å². The minimum Gasteiger partial charge on any atom is -0.484 e. The number of carbonyl (C=O) groups excluding carboxylic acids is 1. The molecule has 1 amide bonds. The SMILES string of the molecule is CS(=O)(=O)N(Cc1ccc(F)cc1)c1ccc(OCC(=O)Nc2ccc(Cl)cc2)cc1. The van der Waals surface area contributed by atoms with Gasteiger partial charge in [-0.25, -0.2) is 12.8 Å². The molecule has 0 atom stereocenters. The topological polar surface area (TPSA) is 75.7 Å². The molecular formula is C22H20ClFN2O4S. The number of hydrogen-bond donors (Lipinski definition) is 1. The van der Waals surface area contributed by atoms with Crippen LogP contribution in [0, 0.1) is 5.82 Å². The summed E-state index contributed by atoms with van der Waals surface area (Å²) in [6.45, 7) is -0.157. The van der Waals surface area contributed by atoms with Crippen molar-refractivity contribution < 1.29 is 22.3 Å². The van der Waals surface area contributed by atoms with Crippen molar-refractivity contribution in [3.63, 3.8) is 0 Å². The molecule has 0 aromatic heterocycles. The number of sulfonamides is 1. The van der Waals surface area contributed by atoms with Crippen LogP contribution >= 0.6 is 11.6 Å². The maximum absolute atomic E-state index is 13.1. The van der Waals surface area contributed by atoms with E-state index in [4.69, 9.17) is 16.3 Å². The summed E-state index contributed by atoms with van der Waals surface area (Å²) in [6, 6.07) is 18.6. The van der Waals surface area contributed by atoms with Gasteiger partial charge < -0.3 is 10.1 Å². The Bertz CT molecular complexity index is 1140. The van der Waals surface area contributed by atoms with Crippen molar-refractivity contribution in [3.8, 4) is 5.75 Å². The standard InChI is InChI=1S/C22H20ClFN2O4S/c1-31(28,29)26(14-16-2-6-18(24)7-3-16)20-10-12-21(13-11-20)30-15-22(27)25-19-8-4-17(23)5-9-19/h2-13H,14-15H2,1H3,(H,25,27). The summed E-state index contributed by atoms with van der Waals surface area (Å²) in [5, 5.41) is 3.25. The molecule has 0 unspecified atom stereocenters. The van der Waals surface area contributed by atoms with Gasteiger partial charge in [-0.2, -0.15) is 0 Å². The molecule has 0 aliphatic heterocycles. The quantitative estimate of drug-likeness (QED) is 0.536. The van der Waals surface area contributed by atoms with Crippen LogP contribution in [0.3, 0.4) is 0 Å². The number of ether oxygens (including phenoxy) is 1. The molecule has 0 radical (unpaired) electrons. The van der Waals surface area contributed by atoms with E-state index in [1.54, 1.807) is 48.5 Å². The zero-order valence-electron chi connectivity index (χ0n) is 16.6. The highest BCUT2D eigenvalue weighted by atomic mass is 35.5. The van der Waals surface area contributed by atoms with Crippen LogP contribution in [0.1, 0.15) is 5.56 Å². The van der Waals surface area contributed by atoms with Crippen LogP contribution in [0.2, 0.25) is 5.02 Å². The zero-order valence-corrected chi connectivity index (χ0v) is 18.2. The first-order valence-corrected chi connectivity index (χ1v) is 11.4. The van der Waals surface area contributed by atoms with E-state index in [9.17, 15) is 17.6 Å². The van der Waals surface area contributed by atoms with Gasteiger partial charge in [0.2, 0.25) is 10.0 Å². The van der Waals surface area contributed by atoms with Crippen molar-refractivity contribution in [3.05, 3.63) is 89.2 Å². The van der Waals surface area contributed by atoms with Crippen molar-refractivity contribution in [2.45, 2.75) is 6.54 Å². The smallest absolute Gasteiger partial charge is 0.262 e. The van der Waals surface area contributed by atoms with Gasteiger partial charge in [-0.1, -0.05) is 23.7 Å². The third-order valence-corrected chi connectivity index (χ3v) is 5.65. The lowest BCUT2D eigenvalue weighted by Crippen LogP contribution is -2.29. The van der Waals surface area contributed by atoms with E-state index < -0.39 is 15.8 Å². The molecule has 162 valence electrons. The summed E-state index contributed by atoms with van der Waals surface area (Å²) in [6.07, 6.45) is 1.10. The van der Waals surface area contributed by atoms with Gasteiger partial charge in [0.1, 0.15) is 11.6 Å². The minimum absolute atomic E-state index is 0.0583. The Morgan fingerprint density at radius 2 is 1.61 bits per heavy atom. The number of carbonyl (C=O) groups is 1. The predicted octanol–water partition coefficient (Wildman–Crippen LogP) is 4.46. The van der Waals surface area contributed by atoms with Gasteiger partial charge in [0, 0.05) is 10.7 Å². The lowest BCUT2D eigenvalue weighted by atomic mass is 10.2. The van der Waals surface area contributed by atoms with Crippen molar-refractivity contribution >= 4 is 38.9 Å². The number of rotatable bonds is 8. The third-order valence-electron chi connectivity index (χ3n) is 4.26. The molecule has 0 aliphatic rings. The van der Waals surface area contributed by atoms with Crippen LogP contribution < -0.4 is 14.4 Å². The molecule has 0 bridgehead atoms. The number of amides is 1. The highest BCUT2D eigenvalue weighted by molar-refractivity contribution is 7.92. The molecule has 6 nitrogen and oxygen atoms in total. The summed E-state index contributed by atoms with van der Waals surface area (Å²) in [5.74, 6) is -0.332. The molecule has 1 N–H and O–H groups in total. The second-order valence-corrected chi connectivity index (χ2v) is 9.08. The first kappa shape index (κ1) is 22.6. The molecule has 0 heterocycles. The first-order valence-electron chi connectivity index (χ1n) is 9.21. The fourth-order valence-electron chi connectivity index (χ4n) is 2.74. The fourth-order valence-corrected chi connectivity index (χ4v) is 3.76. The largest absolute Gasteiger partial charge is 0.484 e. The average molecular weight is 463 g/mol. The molecular weight excluding hydrogens is 443 g/mol. The maximum atomic E-state index is 13.1. The fraction of sp³-hybridized carbons (Fsp3) is 0.136. The van der Waals surface area contributed by atoms with E-state index in [0.29, 0.717) is 27.7 Å². The lowest BCUT2D eigenvalue weighted by molar-refractivity contribution is -0.118. The molecule has 0 saturated carbocycles. The van der Waals surface area contributed by atoms with Crippen LogP contribution in [0.4, 0.5) is 15.8 Å². The minimum atomic E-state index is -3.58. The van der Waals surface area contributed by atoms with Crippen LogP contribution in [-0.4, -0.2) is 27.2 Å². The third kappa shape index (κ3) is 6.70. The number of nitrogens with zero attached hydrogens (tertiary/aromatic N) is 1. The van der Waals surface area contributed by atoms with Gasteiger partial charge >= 0.3 is 0 Å². The Morgan fingerprint density at radius 3 is 2.19 bits per heavy atom. The Morgan fingerprint density at radius 1 is 1.00 bits per heavy atom. The van der Waals surface area contributed by atoms with Crippen LogP contribution in [0.15, 0.2) is 72.8 Å². The number of hydrogen-bond acceptors (Lipinski definition) is 4. The first-order chi connectivity index (χ1) is 14.7. The monoisotopic (exact) mass is 462 g/mol. The van der Waals surface area contributed by atoms with E-state index in [-0.39, 0.29) is 19.1 Å². The molecule has 0 fully saturated rings. The second kappa shape index (κ2) is 9.80. The van der Waals surface area contributed by atoms with E-state index in [1.165, 1.54) is 28.6 Å². The van der Waals surface area contributed by atoms with Crippen molar-refractivity contribution in [1.29, 1.82) is 0 Å². The molecule has 0 spiro atoms. The number of halogens is 2. The number of nitrogens with one attached hydrogen (secondary N) is 1. The molecule has 3 aromatic carbocycles. The predicted molar refractivity (Wildman–Crippen MR) is 119 cm³/mol. The lowest BCUT2D eigenvalue weighted by Gasteiger charge is -2.22. The van der Waals surface area contributed by atoms with Gasteiger partial charge in [-0.3, -0.25) is 9.10 Å². The number of benzene rings is 3. The molecule has 3 aromatic rings. The molecule has 31 heavy (non-hydrogen) atoms. The molecule has 9 heteroatoms. The van der Waals surface area contributed by atoms with Crippen LogP contribution in [0.5, 0.6) is 5.75 Å². The highest BCUT2D eigenvalue weighted by Crippen LogP contribution is 2.24. The van der Waals surface area contributed by atoms with Gasteiger partial charge in [0.05, 0.1) is 18.5 Å². The second-order valence-electron chi connectivity index (χ2n) is 6.73. The summed E-state index contributed by atoms with van der Waals surface area (Å²) < 4.78 is 44.3. The molecule has 0 saturated heterocycles. The van der Waals surface area contributed by atoms with Crippen LogP contribution in [-0.2, 0) is 21.4 Å². The normalized spacial score (nSPS) is 11.1. The zero-order chi connectivity index (χ0) is 22.4.